The summed E-state index contributed by atoms with van der Waals surface area (Å²) in [7, 11) is 0. The van der Waals surface area contributed by atoms with Crippen LogP contribution in [0.2, 0.25) is 0 Å². The van der Waals surface area contributed by atoms with Crippen LogP contribution >= 0.6 is 11.3 Å². The summed E-state index contributed by atoms with van der Waals surface area (Å²) >= 11 is 0.638. The summed E-state index contributed by atoms with van der Waals surface area (Å²) in [4.78, 5) is 0. The van der Waals surface area contributed by atoms with Crippen molar-refractivity contribution in [2.45, 2.75) is 20.0 Å². The van der Waals surface area contributed by atoms with E-state index in [0.29, 0.717) is 21.8 Å². The number of halogens is 2. The van der Waals surface area contributed by atoms with E-state index in [1.807, 2.05) is 19.9 Å². The van der Waals surface area contributed by atoms with Gasteiger partial charge in [0, 0.05) is 5.39 Å². The number of rotatable bonds is 2. The van der Waals surface area contributed by atoms with Gasteiger partial charge < -0.3 is 4.74 Å². The number of nitrogens with zero attached hydrogens (tertiary/aromatic N) is 1. The van der Waals surface area contributed by atoms with E-state index in [9.17, 15) is 8.78 Å². The smallest absolute Gasteiger partial charge is 0.213 e. The van der Waals surface area contributed by atoms with E-state index in [4.69, 9.17) is 10.00 Å². The summed E-state index contributed by atoms with van der Waals surface area (Å²) in [5.41, 5.74) is 0.228. The van der Waals surface area contributed by atoms with Gasteiger partial charge in [0.2, 0.25) is 5.13 Å². The molecule has 88 valence electrons. The van der Waals surface area contributed by atoms with Gasteiger partial charge in [-0.05, 0) is 26.0 Å². The lowest BCUT2D eigenvalue weighted by Gasteiger charge is -2.09. The lowest BCUT2D eigenvalue weighted by atomic mass is 10.1. The molecule has 1 heterocycles. The highest BCUT2D eigenvalue weighted by molar-refractivity contribution is 7.17. The van der Waals surface area contributed by atoms with Crippen LogP contribution in [0, 0.1) is 22.3 Å². The molecule has 2 nitrogen and oxygen atoms in total. The molecule has 0 bridgehead atoms. The van der Waals surface area contributed by atoms with Gasteiger partial charge in [-0.3, -0.25) is 0 Å². The van der Waals surface area contributed by atoms with Gasteiger partial charge >= 0.3 is 0 Å². The highest BCUT2D eigenvalue weighted by Crippen LogP contribution is 2.34. The molecule has 1 aromatic heterocycles. The van der Waals surface area contributed by atoms with Crippen molar-refractivity contribution in [2.75, 3.05) is 0 Å². The third kappa shape index (κ3) is 2.08. The monoisotopic (exact) mass is 253 g/mol. The number of benzene rings is 1. The van der Waals surface area contributed by atoms with Crippen LogP contribution in [0.1, 0.15) is 19.4 Å². The molecule has 2 aromatic rings. The second-order valence-corrected chi connectivity index (χ2v) is 4.79. The molecule has 0 aliphatic carbocycles. The van der Waals surface area contributed by atoms with E-state index < -0.39 is 10.9 Å². The van der Waals surface area contributed by atoms with Crippen LogP contribution in [0.25, 0.3) is 10.1 Å². The third-order valence-corrected chi connectivity index (χ3v) is 3.16. The molecule has 0 fully saturated rings. The van der Waals surface area contributed by atoms with Gasteiger partial charge in [0.1, 0.15) is 11.8 Å². The van der Waals surface area contributed by atoms with Crippen LogP contribution in [0.5, 0.6) is 5.75 Å². The summed E-state index contributed by atoms with van der Waals surface area (Å²) in [5.74, 6) is -0.545. The molecule has 0 aliphatic rings. The van der Waals surface area contributed by atoms with Gasteiger partial charge in [0.25, 0.3) is 0 Å². The van der Waals surface area contributed by atoms with Crippen LogP contribution in [-0.2, 0) is 0 Å². The maximum atomic E-state index is 13.5. The Morgan fingerprint density at radius 1 is 1.35 bits per heavy atom. The fourth-order valence-corrected chi connectivity index (χ4v) is 2.39. The topological polar surface area (TPSA) is 33.0 Å². The summed E-state index contributed by atoms with van der Waals surface area (Å²) in [5, 5.41) is 8.15. The molecule has 2 rings (SSSR count). The summed E-state index contributed by atoms with van der Waals surface area (Å²) < 4.78 is 32.3. The van der Waals surface area contributed by atoms with Crippen LogP contribution < -0.4 is 4.74 Å². The number of nitriles is 1. The first-order valence-corrected chi connectivity index (χ1v) is 5.83. The molecular weight excluding hydrogens is 244 g/mol. The molecule has 0 amide bonds. The molecule has 0 saturated carbocycles. The minimum Gasteiger partial charge on any atom is -0.491 e. The average Bonchev–Trinajstić information content (AvgIpc) is 2.54. The van der Waals surface area contributed by atoms with E-state index in [2.05, 4.69) is 0 Å². The standard InChI is InChI=1S/C12H9F2NOS/c1-6(2)16-8-3-7(5-15)11-9(4-8)10(13)12(14)17-11/h3-4,6H,1-2H3. The Morgan fingerprint density at radius 3 is 2.65 bits per heavy atom. The molecule has 17 heavy (non-hydrogen) atoms. The van der Waals surface area contributed by atoms with Gasteiger partial charge in [-0.15, -0.1) is 11.3 Å². The molecular formula is C12H9F2NOS. The van der Waals surface area contributed by atoms with Crippen molar-refractivity contribution in [3.63, 3.8) is 0 Å². The van der Waals surface area contributed by atoms with E-state index in [-0.39, 0.29) is 17.1 Å². The molecule has 0 N–H and O–H groups in total. The van der Waals surface area contributed by atoms with E-state index >= 15 is 0 Å². The molecule has 0 unspecified atom stereocenters. The Hall–Kier alpha value is -1.67. The highest BCUT2D eigenvalue weighted by atomic mass is 32.1. The van der Waals surface area contributed by atoms with Gasteiger partial charge in [-0.2, -0.15) is 9.65 Å². The predicted molar refractivity (Wildman–Crippen MR) is 62.2 cm³/mol. The van der Waals surface area contributed by atoms with Gasteiger partial charge in [0.15, 0.2) is 5.82 Å². The Kier molecular flexibility index (Phi) is 2.99. The Labute approximate surface area is 101 Å². The summed E-state index contributed by atoms with van der Waals surface area (Å²) in [6.45, 7) is 3.64. The second kappa shape index (κ2) is 4.30. The zero-order chi connectivity index (χ0) is 12.6. The Balaban J connectivity index is 2.68. The molecule has 0 saturated heterocycles. The van der Waals surface area contributed by atoms with Crippen LogP contribution in [0.4, 0.5) is 8.78 Å². The second-order valence-electron chi connectivity index (χ2n) is 3.82. The minimum atomic E-state index is -0.921. The van der Waals surface area contributed by atoms with Crippen molar-refractivity contribution in [2.24, 2.45) is 0 Å². The molecule has 0 atom stereocenters. The Bertz CT molecular complexity index is 613. The molecule has 5 heteroatoms. The molecule has 1 aromatic carbocycles. The number of ether oxygens (including phenoxy) is 1. The first kappa shape index (κ1) is 11.8. The largest absolute Gasteiger partial charge is 0.491 e. The van der Waals surface area contributed by atoms with Crippen molar-refractivity contribution in [3.8, 4) is 11.8 Å². The zero-order valence-electron chi connectivity index (χ0n) is 9.25. The predicted octanol–water partition coefficient (Wildman–Crippen LogP) is 3.84. The fourth-order valence-electron chi connectivity index (χ4n) is 1.54. The van der Waals surface area contributed by atoms with E-state index in [0.717, 1.165) is 0 Å². The number of hydrogen-bond acceptors (Lipinski definition) is 3. The first-order valence-electron chi connectivity index (χ1n) is 5.01. The summed E-state index contributed by atoms with van der Waals surface area (Å²) in [6, 6.07) is 4.84. The fraction of sp³-hybridized carbons (Fsp3) is 0.250. The van der Waals surface area contributed by atoms with Crippen molar-refractivity contribution in [3.05, 3.63) is 28.6 Å². The van der Waals surface area contributed by atoms with E-state index in [1.54, 1.807) is 0 Å². The number of hydrogen-bond donors (Lipinski definition) is 0. The molecule has 0 aliphatic heterocycles. The van der Waals surface area contributed by atoms with Crippen LogP contribution in [0.3, 0.4) is 0 Å². The number of fused-ring (bicyclic) bond motifs is 1. The van der Waals surface area contributed by atoms with Gasteiger partial charge in [-0.1, -0.05) is 0 Å². The molecule has 0 spiro atoms. The number of thiophene rings is 1. The third-order valence-electron chi connectivity index (χ3n) is 2.16. The maximum Gasteiger partial charge on any atom is 0.213 e. The summed E-state index contributed by atoms with van der Waals surface area (Å²) in [6.07, 6.45) is -0.0921. The normalized spacial score (nSPS) is 10.8. The molecule has 0 radical (unpaired) electrons. The van der Waals surface area contributed by atoms with Crippen molar-refractivity contribution in [1.29, 1.82) is 5.26 Å². The maximum absolute atomic E-state index is 13.5. The van der Waals surface area contributed by atoms with Gasteiger partial charge in [-0.25, -0.2) is 4.39 Å². The highest BCUT2D eigenvalue weighted by Gasteiger charge is 2.16. The zero-order valence-corrected chi connectivity index (χ0v) is 10.1. The van der Waals surface area contributed by atoms with Gasteiger partial charge in [0.05, 0.1) is 16.4 Å². The van der Waals surface area contributed by atoms with Crippen LogP contribution in [0.15, 0.2) is 12.1 Å². The lowest BCUT2D eigenvalue weighted by molar-refractivity contribution is 0.242. The first-order chi connectivity index (χ1) is 8.02. The SMILES string of the molecule is CC(C)Oc1cc(C#N)c2sc(F)c(F)c2c1. The van der Waals surface area contributed by atoms with Crippen molar-refractivity contribution in [1.82, 2.24) is 0 Å². The minimum absolute atomic E-state index is 0.0921. The van der Waals surface area contributed by atoms with E-state index in [1.165, 1.54) is 12.1 Å². The Morgan fingerprint density at radius 2 is 2.06 bits per heavy atom. The quantitative estimate of drug-likeness (QED) is 0.814. The average molecular weight is 253 g/mol. The van der Waals surface area contributed by atoms with Crippen molar-refractivity contribution < 1.29 is 13.5 Å². The van der Waals surface area contributed by atoms with Crippen LogP contribution in [-0.4, -0.2) is 6.10 Å². The van der Waals surface area contributed by atoms with Crippen molar-refractivity contribution >= 4 is 21.4 Å². The lowest BCUT2D eigenvalue weighted by Crippen LogP contribution is -2.05.